The molecule has 18 heavy (non-hydrogen) atoms. The van der Waals surface area contributed by atoms with Gasteiger partial charge in [-0.1, -0.05) is 23.7 Å². The smallest absolute Gasteiger partial charge is 0.137 e. The van der Waals surface area contributed by atoms with Crippen LogP contribution in [-0.2, 0) is 6.42 Å². The highest BCUT2D eigenvalue weighted by molar-refractivity contribution is 9.10. The van der Waals surface area contributed by atoms with E-state index >= 15 is 0 Å². The van der Waals surface area contributed by atoms with Crippen LogP contribution in [0.4, 0.5) is 4.39 Å². The van der Waals surface area contributed by atoms with Crippen LogP contribution < -0.4 is 0 Å². The van der Waals surface area contributed by atoms with Gasteiger partial charge in [-0.2, -0.15) is 0 Å². The summed E-state index contributed by atoms with van der Waals surface area (Å²) in [5, 5.41) is 10.5. The lowest BCUT2D eigenvalue weighted by Gasteiger charge is -2.11. The largest absolute Gasteiger partial charge is 0.386 e. The van der Waals surface area contributed by atoms with E-state index in [0.717, 1.165) is 0 Å². The van der Waals surface area contributed by atoms with Crippen molar-refractivity contribution in [2.45, 2.75) is 12.5 Å². The standard InChI is InChI=1S/C13H10BrClFNO/c14-13-8(2-1-3-10(13)16)6-12(18)11-5-4-9(15)7-17-11/h1-5,7,12,18H,6H2. The Labute approximate surface area is 118 Å². The van der Waals surface area contributed by atoms with E-state index in [1.54, 1.807) is 24.3 Å². The van der Waals surface area contributed by atoms with E-state index in [-0.39, 0.29) is 12.2 Å². The highest BCUT2D eigenvalue weighted by Gasteiger charge is 2.13. The summed E-state index contributed by atoms with van der Waals surface area (Å²) in [5.74, 6) is -0.344. The van der Waals surface area contributed by atoms with Crippen LogP contribution in [0.3, 0.4) is 0 Å². The Morgan fingerprint density at radius 1 is 1.33 bits per heavy atom. The van der Waals surface area contributed by atoms with Crippen molar-refractivity contribution in [3.63, 3.8) is 0 Å². The van der Waals surface area contributed by atoms with Crippen LogP contribution in [0.1, 0.15) is 17.4 Å². The number of benzene rings is 1. The fourth-order valence-electron chi connectivity index (χ4n) is 1.60. The maximum atomic E-state index is 13.3. The van der Waals surface area contributed by atoms with Crippen LogP contribution in [-0.4, -0.2) is 10.1 Å². The van der Waals surface area contributed by atoms with Gasteiger partial charge in [0.15, 0.2) is 0 Å². The van der Waals surface area contributed by atoms with Crippen LogP contribution in [0.15, 0.2) is 41.0 Å². The molecule has 1 unspecified atom stereocenters. The number of aliphatic hydroxyl groups excluding tert-OH is 1. The normalized spacial score (nSPS) is 12.4. The molecule has 2 rings (SSSR count). The Balaban J connectivity index is 2.18. The lowest BCUT2D eigenvalue weighted by molar-refractivity contribution is 0.173. The maximum Gasteiger partial charge on any atom is 0.137 e. The number of hydrogen-bond donors (Lipinski definition) is 1. The quantitative estimate of drug-likeness (QED) is 0.925. The van der Waals surface area contributed by atoms with E-state index < -0.39 is 6.10 Å². The maximum absolute atomic E-state index is 13.3. The summed E-state index contributed by atoms with van der Waals surface area (Å²) in [6.45, 7) is 0. The van der Waals surface area contributed by atoms with Gasteiger partial charge in [0.25, 0.3) is 0 Å². The molecule has 1 aromatic heterocycles. The van der Waals surface area contributed by atoms with Crippen molar-refractivity contribution < 1.29 is 9.50 Å². The van der Waals surface area contributed by atoms with Crippen molar-refractivity contribution in [2.24, 2.45) is 0 Å². The van der Waals surface area contributed by atoms with Crippen molar-refractivity contribution in [2.75, 3.05) is 0 Å². The van der Waals surface area contributed by atoms with Gasteiger partial charge in [0.2, 0.25) is 0 Å². The second-order valence-electron chi connectivity index (χ2n) is 3.83. The van der Waals surface area contributed by atoms with Crippen molar-refractivity contribution in [1.82, 2.24) is 4.98 Å². The fourth-order valence-corrected chi connectivity index (χ4v) is 2.14. The molecule has 0 aliphatic heterocycles. The molecule has 0 radical (unpaired) electrons. The molecule has 0 aliphatic rings. The number of halogens is 3. The van der Waals surface area contributed by atoms with Crippen LogP contribution in [0.5, 0.6) is 0 Å². The Morgan fingerprint density at radius 2 is 2.11 bits per heavy atom. The molecule has 0 amide bonds. The summed E-state index contributed by atoms with van der Waals surface area (Å²) in [6.07, 6.45) is 0.966. The Morgan fingerprint density at radius 3 is 2.78 bits per heavy atom. The average Bonchev–Trinajstić information content (AvgIpc) is 2.36. The minimum absolute atomic E-state index is 0.285. The second-order valence-corrected chi connectivity index (χ2v) is 5.06. The Kier molecular flexibility index (Phi) is 4.32. The van der Waals surface area contributed by atoms with Gasteiger partial charge in [0, 0.05) is 12.6 Å². The number of hydrogen-bond acceptors (Lipinski definition) is 2. The van der Waals surface area contributed by atoms with Crippen molar-refractivity contribution in [1.29, 1.82) is 0 Å². The van der Waals surface area contributed by atoms with E-state index in [2.05, 4.69) is 20.9 Å². The highest BCUT2D eigenvalue weighted by atomic mass is 79.9. The molecular formula is C13H10BrClFNO. The zero-order valence-corrected chi connectivity index (χ0v) is 11.6. The fraction of sp³-hybridized carbons (Fsp3) is 0.154. The van der Waals surface area contributed by atoms with Crippen LogP contribution in [0.25, 0.3) is 0 Å². The summed E-state index contributed by atoms with van der Waals surface area (Å²) in [5.41, 5.74) is 1.20. The predicted octanol–water partition coefficient (Wildman–Crippen LogP) is 3.91. The number of aliphatic hydroxyl groups is 1. The van der Waals surface area contributed by atoms with Gasteiger partial charge < -0.3 is 5.11 Å². The molecule has 0 fully saturated rings. The average molecular weight is 331 g/mol. The third kappa shape index (κ3) is 3.07. The van der Waals surface area contributed by atoms with Crippen molar-refractivity contribution >= 4 is 27.5 Å². The molecule has 1 heterocycles. The molecule has 0 saturated carbocycles. The predicted molar refractivity (Wildman–Crippen MR) is 72.0 cm³/mol. The summed E-state index contributed by atoms with van der Waals surface area (Å²) in [7, 11) is 0. The van der Waals surface area contributed by atoms with E-state index in [1.807, 2.05) is 0 Å². The zero-order chi connectivity index (χ0) is 13.1. The first kappa shape index (κ1) is 13.5. The highest BCUT2D eigenvalue weighted by Crippen LogP contribution is 2.25. The Hall–Kier alpha value is -0.970. The topological polar surface area (TPSA) is 33.1 Å². The van der Waals surface area contributed by atoms with E-state index in [1.165, 1.54) is 12.3 Å². The van der Waals surface area contributed by atoms with Gasteiger partial charge in [-0.3, -0.25) is 4.98 Å². The molecule has 0 saturated heterocycles. The molecule has 5 heteroatoms. The van der Waals surface area contributed by atoms with Crippen LogP contribution >= 0.6 is 27.5 Å². The van der Waals surface area contributed by atoms with E-state index in [0.29, 0.717) is 20.8 Å². The van der Waals surface area contributed by atoms with Gasteiger partial charge in [0.1, 0.15) is 5.82 Å². The molecular weight excluding hydrogens is 321 g/mol. The molecule has 94 valence electrons. The third-order valence-corrected chi connectivity index (χ3v) is 3.65. The third-order valence-electron chi connectivity index (χ3n) is 2.54. The molecule has 0 aliphatic carbocycles. The number of aromatic nitrogens is 1. The molecule has 1 N–H and O–H groups in total. The monoisotopic (exact) mass is 329 g/mol. The van der Waals surface area contributed by atoms with Crippen LogP contribution in [0.2, 0.25) is 5.02 Å². The van der Waals surface area contributed by atoms with Crippen molar-refractivity contribution in [3.8, 4) is 0 Å². The van der Waals surface area contributed by atoms with Crippen molar-refractivity contribution in [3.05, 3.63) is 63.1 Å². The summed E-state index contributed by atoms with van der Waals surface area (Å²) >= 11 is 8.89. The van der Waals surface area contributed by atoms with Gasteiger partial charge >= 0.3 is 0 Å². The molecule has 0 spiro atoms. The van der Waals surface area contributed by atoms with Crippen LogP contribution in [0, 0.1) is 5.82 Å². The molecule has 1 atom stereocenters. The molecule has 0 bridgehead atoms. The summed E-state index contributed by atoms with van der Waals surface area (Å²) in [4.78, 5) is 4.04. The zero-order valence-electron chi connectivity index (χ0n) is 9.28. The first-order valence-corrected chi connectivity index (χ1v) is 6.47. The second kappa shape index (κ2) is 5.78. The molecule has 2 aromatic rings. The van der Waals surface area contributed by atoms with E-state index in [4.69, 9.17) is 11.6 Å². The minimum atomic E-state index is -0.791. The minimum Gasteiger partial charge on any atom is -0.386 e. The number of nitrogens with zero attached hydrogens (tertiary/aromatic N) is 1. The van der Waals surface area contributed by atoms with Gasteiger partial charge in [0.05, 0.1) is 21.3 Å². The van der Waals surface area contributed by atoms with Gasteiger partial charge in [-0.25, -0.2) is 4.39 Å². The SMILES string of the molecule is OC(Cc1cccc(F)c1Br)c1ccc(Cl)cn1. The first-order valence-electron chi connectivity index (χ1n) is 5.30. The lowest BCUT2D eigenvalue weighted by Crippen LogP contribution is -2.05. The molecule has 1 aromatic carbocycles. The lowest BCUT2D eigenvalue weighted by atomic mass is 10.1. The first-order chi connectivity index (χ1) is 8.58. The Bertz CT molecular complexity index is 547. The summed E-state index contributed by atoms with van der Waals surface area (Å²) in [6, 6.07) is 8.04. The number of rotatable bonds is 3. The number of pyridine rings is 1. The summed E-state index contributed by atoms with van der Waals surface area (Å²) < 4.78 is 13.7. The van der Waals surface area contributed by atoms with Gasteiger partial charge in [-0.15, -0.1) is 0 Å². The van der Waals surface area contributed by atoms with Gasteiger partial charge in [-0.05, 0) is 39.7 Å². The van der Waals surface area contributed by atoms with E-state index in [9.17, 15) is 9.50 Å². The molecule has 2 nitrogen and oxygen atoms in total.